The quantitative estimate of drug-likeness (QED) is 0.534. The zero-order valence-electron chi connectivity index (χ0n) is 8.51. The first-order valence-electron chi connectivity index (χ1n) is 5.40. The van der Waals surface area contributed by atoms with Crippen LogP contribution in [0, 0.1) is 5.92 Å². The molecule has 74 valence electrons. The lowest BCUT2D eigenvalue weighted by molar-refractivity contribution is -0.115. The Labute approximate surface area is 85.2 Å². The van der Waals surface area contributed by atoms with Crippen LogP contribution in [0.3, 0.4) is 0 Å². The van der Waals surface area contributed by atoms with Crippen LogP contribution in [0.4, 0.5) is 0 Å². The van der Waals surface area contributed by atoms with E-state index in [-0.39, 0.29) is 0 Å². The highest BCUT2D eigenvalue weighted by molar-refractivity contribution is 5.91. The Morgan fingerprint density at radius 2 is 2.00 bits per heavy atom. The third-order valence-corrected chi connectivity index (χ3v) is 3.37. The first-order valence-corrected chi connectivity index (χ1v) is 5.40. The van der Waals surface area contributed by atoms with Gasteiger partial charge in [-0.3, -0.25) is 4.79 Å². The number of allylic oxidation sites excluding steroid dienone is 3. The van der Waals surface area contributed by atoms with Gasteiger partial charge in [-0.25, -0.2) is 0 Å². The number of hydrogen-bond donors (Lipinski definition) is 0. The molecule has 1 atom stereocenters. The molecule has 1 heteroatoms. The Bertz CT molecular complexity index is 329. The number of fused-ring (bicyclic) bond motifs is 1. The number of ketones is 1. The summed E-state index contributed by atoms with van der Waals surface area (Å²) in [6, 6.07) is 0. The molecule has 0 radical (unpaired) electrons. The summed E-state index contributed by atoms with van der Waals surface area (Å²) in [5.41, 5.74) is 5.74. The molecular formula is C13H16O. The molecule has 2 aliphatic carbocycles. The van der Waals surface area contributed by atoms with Crippen LogP contribution in [0.25, 0.3) is 0 Å². The summed E-state index contributed by atoms with van der Waals surface area (Å²) in [6.07, 6.45) is 8.13. The van der Waals surface area contributed by atoms with Crippen molar-refractivity contribution in [3.8, 4) is 0 Å². The van der Waals surface area contributed by atoms with E-state index in [0.29, 0.717) is 11.7 Å². The largest absolute Gasteiger partial charge is 0.295 e. The SMILES string of the molecule is C=C=C1CCC2=CC(=O)CCC2CC1. The second kappa shape index (κ2) is 3.98. The van der Waals surface area contributed by atoms with Crippen molar-refractivity contribution < 1.29 is 4.79 Å². The van der Waals surface area contributed by atoms with Crippen molar-refractivity contribution in [2.45, 2.75) is 38.5 Å². The van der Waals surface area contributed by atoms with Gasteiger partial charge in [-0.05, 0) is 49.7 Å². The lowest BCUT2D eigenvalue weighted by Gasteiger charge is -2.20. The molecule has 14 heavy (non-hydrogen) atoms. The minimum atomic E-state index is 0.322. The molecule has 1 unspecified atom stereocenters. The number of carbonyl (C=O) groups is 1. The van der Waals surface area contributed by atoms with Crippen LogP contribution in [-0.2, 0) is 4.79 Å². The smallest absolute Gasteiger partial charge is 0.155 e. The van der Waals surface area contributed by atoms with Gasteiger partial charge in [0, 0.05) is 6.42 Å². The van der Waals surface area contributed by atoms with Crippen molar-refractivity contribution in [3.63, 3.8) is 0 Å². The van der Waals surface area contributed by atoms with E-state index in [9.17, 15) is 4.79 Å². The van der Waals surface area contributed by atoms with Crippen molar-refractivity contribution in [2.24, 2.45) is 5.92 Å². The van der Waals surface area contributed by atoms with Gasteiger partial charge in [-0.2, -0.15) is 0 Å². The second-order valence-electron chi connectivity index (χ2n) is 4.24. The first-order chi connectivity index (χ1) is 6.79. The summed E-state index contributed by atoms with van der Waals surface area (Å²) in [6.45, 7) is 3.71. The summed E-state index contributed by atoms with van der Waals surface area (Å²) in [5.74, 6) is 0.987. The van der Waals surface area contributed by atoms with Gasteiger partial charge in [0.2, 0.25) is 0 Å². The van der Waals surface area contributed by atoms with E-state index < -0.39 is 0 Å². The molecule has 0 bridgehead atoms. The minimum Gasteiger partial charge on any atom is -0.295 e. The van der Waals surface area contributed by atoms with E-state index in [1.165, 1.54) is 17.6 Å². The summed E-state index contributed by atoms with van der Waals surface area (Å²) < 4.78 is 0. The average molecular weight is 188 g/mol. The van der Waals surface area contributed by atoms with Crippen molar-refractivity contribution in [1.82, 2.24) is 0 Å². The molecule has 0 aromatic carbocycles. The number of hydrogen-bond acceptors (Lipinski definition) is 1. The maximum atomic E-state index is 11.3. The summed E-state index contributed by atoms with van der Waals surface area (Å²) in [5, 5.41) is 0. The normalized spacial score (nSPS) is 27.4. The summed E-state index contributed by atoms with van der Waals surface area (Å²) in [4.78, 5) is 11.3. The first kappa shape index (κ1) is 9.48. The Morgan fingerprint density at radius 3 is 2.79 bits per heavy atom. The molecule has 0 N–H and O–H groups in total. The highest BCUT2D eigenvalue weighted by Crippen LogP contribution is 2.35. The molecular weight excluding hydrogens is 172 g/mol. The van der Waals surface area contributed by atoms with Gasteiger partial charge in [0.05, 0.1) is 0 Å². The van der Waals surface area contributed by atoms with E-state index in [4.69, 9.17) is 0 Å². The van der Waals surface area contributed by atoms with Crippen LogP contribution < -0.4 is 0 Å². The average Bonchev–Trinajstić information content (AvgIpc) is 2.39. The van der Waals surface area contributed by atoms with Gasteiger partial charge in [-0.1, -0.05) is 12.2 Å². The summed E-state index contributed by atoms with van der Waals surface area (Å²) >= 11 is 0. The Morgan fingerprint density at radius 1 is 1.21 bits per heavy atom. The van der Waals surface area contributed by atoms with Crippen molar-refractivity contribution in [2.75, 3.05) is 0 Å². The van der Waals surface area contributed by atoms with Gasteiger partial charge >= 0.3 is 0 Å². The maximum absolute atomic E-state index is 11.3. The fourth-order valence-corrected chi connectivity index (χ4v) is 2.45. The molecule has 0 spiro atoms. The fourth-order valence-electron chi connectivity index (χ4n) is 2.45. The number of rotatable bonds is 0. The van der Waals surface area contributed by atoms with Gasteiger partial charge < -0.3 is 0 Å². The Balaban J connectivity index is 2.19. The second-order valence-corrected chi connectivity index (χ2v) is 4.24. The predicted octanol–water partition coefficient (Wildman–Crippen LogP) is 3.18. The summed E-state index contributed by atoms with van der Waals surface area (Å²) in [7, 11) is 0. The van der Waals surface area contributed by atoms with E-state index >= 15 is 0 Å². The van der Waals surface area contributed by atoms with Crippen LogP contribution in [-0.4, -0.2) is 5.78 Å². The van der Waals surface area contributed by atoms with Crippen molar-refractivity contribution in [1.29, 1.82) is 0 Å². The lowest BCUT2D eigenvalue weighted by Crippen LogP contribution is -2.12. The predicted molar refractivity (Wildman–Crippen MR) is 56.9 cm³/mol. The van der Waals surface area contributed by atoms with E-state index in [0.717, 1.165) is 32.1 Å². The Kier molecular flexibility index (Phi) is 2.69. The molecule has 2 aliphatic rings. The molecule has 0 aromatic rings. The van der Waals surface area contributed by atoms with Crippen LogP contribution in [0.5, 0.6) is 0 Å². The molecule has 1 nitrogen and oxygen atoms in total. The topological polar surface area (TPSA) is 17.1 Å². The highest BCUT2D eigenvalue weighted by atomic mass is 16.1. The van der Waals surface area contributed by atoms with Crippen molar-refractivity contribution in [3.05, 3.63) is 29.5 Å². The van der Waals surface area contributed by atoms with Gasteiger partial charge in [0.1, 0.15) is 0 Å². The Hall–Kier alpha value is -1.07. The zero-order valence-corrected chi connectivity index (χ0v) is 8.51. The molecule has 0 saturated heterocycles. The highest BCUT2D eigenvalue weighted by Gasteiger charge is 2.23. The van der Waals surface area contributed by atoms with Crippen LogP contribution in [0.1, 0.15) is 38.5 Å². The van der Waals surface area contributed by atoms with Crippen LogP contribution >= 0.6 is 0 Å². The van der Waals surface area contributed by atoms with Gasteiger partial charge in [0.25, 0.3) is 0 Å². The molecule has 1 fully saturated rings. The molecule has 0 heterocycles. The van der Waals surface area contributed by atoms with Gasteiger partial charge in [-0.15, -0.1) is 5.73 Å². The molecule has 0 aliphatic heterocycles. The monoisotopic (exact) mass is 188 g/mol. The minimum absolute atomic E-state index is 0.322. The molecule has 1 saturated carbocycles. The third kappa shape index (κ3) is 1.88. The van der Waals surface area contributed by atoms with Gasteiger partial charge in [0.15, 0.2) is 5.78 Å². The van der Waals surface area contributed by atoms with Crippen LogP contribution in [0.2, 0.25) is 0 Å². The molecule has 0 aromatic heterocycles. The van der Waals surface area contributed by atoms with Crippen LogP contribution in [0.15, 0.2) is 29.5 Å². The zero-order chi connectivity index (χ0) is 9.97. The number of carbonyl (C=O) groups excluding carboxylic acids is 1. The molecule has 0 amide bonds. The van der Waals surface area contributed by atoms with E-state index in [1.807, 2.05) is 6.08 Å². The fraction of sp³-hybridized carbons (Fsp3) is 0.538. The van der Waals surface area contributed by atoms with E-state index in [2.05, 4.69) is 12.3 Å². The lowest BCUT2D eigenvalue weighted by atomic mass is 9.84. The standard InChI is InChI=1S/C13H16O/c1-2-10-3-5-11-7-8-13(14)9-12(11)6-4-10/h9,11H,1,3-8H2. The maximum Gasteiger partial charge on any atom is 0.155 e. The third-order valence-electron chi connectivity index (χ3n) is 3.37. The van der Waals surface area contributed by atoms with Crippen molar-refractivity contribution >= 4 is 5.78 Å². The van der Waals surface area contributed by atoms with E-state index in [1.54, 1.807) is 0 Å². The molecule has 2 rings (SSSR count).